The van der Waals surface area contributed by atoms with Crippen LogP contribution in [0.1, 0.15) is 23.6 Å². The Morgan fingerprint density at radius 2 is 1.96 bits per heavy atom. The number of halogens is 1. The first-order chi connectivity index (χ1) is 12.5. The maximum atomic E-state index is 13.4. The number of rotatable bonds is 5. The number of anilines is 1. The number of carbonyl (C=O) groups excluding carboxylic acids is 1. The van der Waals surface area contributed by atoms with Gasteiger partial charge in [0, 0.05) is 17.3 Å². The van der Waals surface area contributed by atoms with Crippen LogP contribution < -0.4 is 25.6 Å². The zero-order valence-electron chi connectivity index (χ0n) is 14.9. The highest BCUT2D eigenvalue weighted by Gasteiger charge is 2.32. The van der Waals surface area contributed by atoms with Crippen LogP contribution in [0.5, 0.6) is 11.5 Å². The van der Waals surface area contributed by atoms with E-state index < -0.39 is 6.04 Å². The summed E-state index contributed by atoms with van der Waals surface area (Å²) in [7, 11) is 3.19. The summed E-state index contributed by atoms with van der Waals surface area (Å²) >= 11 is 0. The van der Waals surface area contributed by atoms with Gasteiger partial charge in [0.25, 0.3) is 0 Å². The van der Waals surface area contributed by atoms with Crippen molar-refractivity contribution in [1.29, 1.82) is 0 Å². The molecule has 3 rings (SSSR count). The fourth-order valence-electron chi connectivity index (χ4n) is 2.99. The van der Waals surface area contributed by atoms with Crippen molar-refractivity contribution in [1.82, 2.24) is 10.9 Å². The van der Waals surface area contributed by atoms with Gasteiger partial charge in [-0.3, -0.25) is 4.79 Å². The fourth-order valence-corrected chi connectivity index (χ4v) is 2.99. The van der Waals surface area contributed by atoms with Gasteiger partial charge in [-0.25, -0.2) is 15.2 Å². The number of hydrogen-bond acceptors (Lipinski definition) is 5. The molecular formula is C19H22FN3O3. The van der Waals surface area contributed by atoms with Crippen molar-refractivity contribution in [3.8, 4) is 11.5 Å². The monoisotopic (exact) mass is 359 g/mol. The van der Waals surface area contributed by atoms with E-state index in [0.717, 1.165) is 11.1 Å². The van der Waals surface area contributed by atoms with E-state index in [-0.39, 0.29) is 17.8 Å². The highest BCUT2D eigenvalue weighted by Crippen LogP contribution is 2.33. The van der Waals surface area contributed by atoms with Crippen LogP contribution in [-0.4, -0.2) is 26.2 Å². The molecule has 2 aromatic carbocycles. The molecule has 3 N–H and O–H groups in total. The summed E-state index contributed by atoms with van der Waals surface area (Å²) in [6.07, 6.45) is 0.531. The lowest BCUT2D eigenvalue weighted by Gasteiger charge is -2.15. The van der Waals surface area contributed by atoms with Crippen molar-refractivity contribution in [2.75, 3.05) is 19.5 Å². The highest BCUT2D eigenvalue weighted by molar-refractivity contribution is 5.95. The van der Waals surface area contributed by atoms with Gasteiger partial charge in [0.1, 0.15) is 23.4 Å². The van der Waals surface area contributed by atoms with Crippen LogP contribution in [0.15, 0.2) is 36.4 Å². The molecule has 0 bridgehead atoms. The van der Waals surface area contributed by atoms with Crippen LogP contribution in [0.25, 0.3) is 0 Å². The van der Waals surface area contributed by atoms with Crippen LogP contribution >= 0.6 is 0 Å². The quantitative estimate of drug-likeness (QED) is 0.766. The van der Waals surface area contributed by atoms with Crippen molar-refractivity contribution in [2.45, 2.75) is 25.4 Å². The summed E-state index contributed by atoms with van der Waals surface area (Å²) in [6, 6.07) is 9.34. The molecule has 2 atom stereocenters. The summed E-state index contributed by atoms with van der Waals surface area (Å²) in [5.41, 5.74) is 8.33. The van der Waals surface area contributed by atoms with Crippen molar-refractivity contribution in [2.24, 2.45) is 0 Å². The maximum absolute atomic E-state index is 13.4. The molecule has 0 spiro atoms. The number of hydrazine groups is 1. The number of hydrogen-bond donors (Lipinski definition) is 3. The molecular weight excluding hydrogens is 337 g/mol. The van der Waals surface area contributed by atoms with Gasteiger partial charge in [-0.15, -0.1) is 0 Å². The Balaban J connectivity index is 1.70. The number of amides is 1. The summed E-state index contributed by atoms with van der Waals surface area (Å²) in [4.78, 5) is 12.5. The normalized spacial score (nSPS) is 19.2. The van der Waals surface area contributed by atoms with Gasteiger partial charge >= 0.3 is 0 Å². The van der Waals surface area contributed by atoms with E-state index in [2.05, 4.69) is 16.2 Å². The van der Waals surface area contributed by atoms with Gasteiger partial charge < -0.3 is 14.8 Å². The van der Waals surface area contributed by atoms with Gasteiger partial charge in [0.2, 0.25) is 5.91 Å². The Labute approximate surface area is 151 Å². The zero-order valence-corrected chi connectivity index (χ0v) is 14.9. The molecule has 1 fully saturated rings. The first-order valence-corrected chi connectivity index (χ1v) is 8.32. The summed E-state index contributed by atoms with van der Waals surface area (Å²) < 4.78 is 24.0. The molecule has 1 amide bonds. The standard InChI is InChI=1S/C19H22FN3O3/c1-11-4-5-12(20)8-15(11)21-19(24)17-10-16(22-23-17)14-7-6-13(25-2)9-18(14)26-3/h4-9,16-17,22-23H,10H2,1-3H3,(H,21,24). The number of benzene rings is 2. The number of nitrogens with one attached hydrogen (secondary N) is 3. The lowest BCUT2D eigenvalue weighted by atomic mass is 10.0. The SMILES string of the molecule is COc1ccc(C2CC(C(=O)Nc3cc(F)ccc3C)NN2)c(OC)c1. The second-order valence-electron chi connectivity index (χ2n) is 6.19. The first kappa shape index (κ1) is 18.2. The molecule has 138 valence electrons. The number of ether oxygens (including phenoxy) is 2. The lowest BCUT2D eigenvalue weighted by Crippen LogP contribution is -2.39. The third kappa shape index (κ3) is 3.79. The van der Waals surface area contributed by atoms with Crippen LogP contribution in [0.3, 0.4) is 0 Å². The molecule has 1 heterocycles. The van der Waals surface area contributed by atoms with E-state index in [9.17, 15) is 9.18 Å². The molecule has 26 heavy (non-hydrogen) atoms. The predicted octanol–water partition coefficient (Wildman–Crippen LogP) is 2.70. The van der Waals surface area contributed by atoms with Crippen LogP contribution in [0, 0.1) is 12.7 Å². The molecule has 1 saturated heterocycles. The predicted molar refractivity (Wildman–Crippen MR) is 96.7 cm³/mol. The van der Waals surface area contributed by atoms with Crippen LogP contribution in [0.2, 0.25) is 0 Å². The van der Waals surface area contributed by atoms with Crippen LogP contribution in [-0.2, 0) is 4.79 Å². The topological polar surface area (TPSA) is 71.6 Å². The average Bonchev–Trinajstić information content (AvgIpc) is 3.14. The number of aryl methyl sites for hydroxylation is 1. The van der Waals surface area contributed by atoms with Crippen molar-refractivity contribution in [3.05, 3.63) is 53.3 Å². The maximum Gasteiger partial charge on any atom is 0.242 e. The minimum atomic E-state index is -0.450. The van der Waals surface area contributed by atoms with E-state index in [1.165, 1.54) is 12.1 Å². The Morgan fingerprint density at radius 3 is 2.69 bits per heavy atom. The van der Waals surface area contributed by atoms with Gasteiger partial charge in [-0.2, -0.15) is 0 Å². The largest absolute Gasteiger partial charge is 0.497 e. The minimum absolute atomic E-state index is 0.0970. The Morgan fingerprint density at radius 1 is 1.15 bits per heavy atom. The number of methoxy groups -OCH3 is 2. The number of carbonyl (C=O) groups is 1. The third-order valence-corrected chi connectivity index (χ3v) is 4.49. The summed E-state index contributed by atoms with van der Waals surface area (Å²) in [5.74, 6) is 0.781. The molecule has 0 aromatic heterocycles. The summed E-state index contributed by atoms with van der Waals surface area (Å²) in [5, 5.41) is 2.78. The molecule has 1 aliphatic rings. The van der Waals surface area contributed by atoms with E-state index in [4.69, 9.17) is 9.47 Å². The lowest BCUT2D eigenvalue weighted by molar-refractivity contribution is -0.117. The van der Waals surface area contributed by atoms with E-state index in [0.29, 0.717) is 23.6 Å². The van der Waals surface area contributed by atoms with E-state index in [1.807, 2.05) is 19.1 Å². The van der Waals surface area contributed by atoms with Gasteiger partial charge in [-0.05, 0) is 37.1 Å². The molecule has 0 saturated carbocycles. The van der Waals surface area contributed by atoms with Crippen molar-refractivity contribution < 1.29 is 18.7 Å². The molecule has 0 aliphatic carbocycles. The van der Waals surface area contributed by atoms with Crippen molar-refractivity contribution >= 4 is 11.6 Å². The highest BCUT2D eigenvalue weighted by atomic mass is 19.1. The minimum Gasteiger partial charge on any atom is -0.497 e. The molecule has 2 aromatic rings. The molecule has 0 radical (unpaired) electrons. The van der Waals surface area contributed by atoms with Gasteiger partial charge in [-0.1, -0.05) is 12.1 Å². The second kappa shape index (κ2) is 7.72. The first-order valence-electron chi connectivity index (χ1n) is 8.32. The smallest absolute Gasteiger partial charge is 0.242 e. The third-order valence-electron chi connectivity index (χ3n) is 4.49. The average molecular weight is 359 g/mol. The zero-order chi connectivity index (χ0) is 18.7. The Hall–Kier alpha value is -2.64. The van der Waals surface area contributed by atoms with E-state index in [1.54, 1.807) is 26.4 Å². The van der Waals surface area contributed by atoms with Crippen molar-refractivity contribution in [3.63, 3.8) is 0 Å². The Kier molecular flexibility index (Phi) is 5.39. The van der Waals surface area contributed by atoms with E-state index >= 15 is 0 Å². The molecule has 1 aliphatic heterocycles. The molecule has 2 unspecified atom stereocenters. The van der Waals surface area contributed by atoms with Gasteiger partial charge in [0.15, 0.2) is 0 Å². The van der Waals surface area contributed by atoms with Gasteiger partial charge in [0.05, 0.1) is 20.3 Å². The molecule has 6 nitrogen and oxygen atoms in total. The Bertz CT molecular complexity index is 813. The summed E-state index contributed by atoms with van der Waals surface area (Å²) in [6.45, 7) is 1.82. The second-order valence-corrected chi connectivity index (χ2v) is 6.19. The molecule has 7 heteroatoms. The fraction of sp³-hybridized carbons (Fsp3) is 0.316. The van der Waals surface area contributed by atoms with Crippen LogP contribution in [0.4, 0.5) is 10.1 Å².